The fourth-order valence-electron chi connectivity index (χ4n) is 1.30. The highest BCUT2D eigenvalue weighted by atomic mass is 32.2. The second-order valence-corrected chi connectivity index (χ2v) is 4.96. The van der Waals surface area contributed by atoms with Crippen LogP contribution >= 0.6 is 0 Å². The highest BCUT2D eigenvalue weighted by Crippen LogP contribution is 2.32. The molecule has 1 aliphatic rings. The van der Waals surface area contributed by atoms with E-state index in [0.717, 1.165) is 6.42 Å². The second kappa shape index (κ2) is 4.03. The zero-order valence-electron chi connectivity index (χ0n) is 8.04. The summed E-state index contributed by atoms with van der Waals surface area (Å²) in [6.45, 7) is 1.64. The van der Waals surface area contributed by atoms with Crippen molar-refractivity contribution in [3.8, 4) is 0 Å². The molecule has 0 radical (unpaired) electrons. The summed E-state index contributed by atoms with van der Waals surface area (Å²) in [5.74, 6) is -0.380. The van der Waals surface area contributed by atoms with Crippen molar-refractivity contribution in [3.63, 3.8) is 0 Å². The Kier molecular flexibility index (Phi) is 3.32. The van der Waals surface area contributed by atoms with Crippen LogP contribution in [0.15, 0.2) is 11.8 Å². The van der Waals surface area contributed by atoms with E-state index in [2.05, 4.69) is 4.18 Å². The van der Waals surface area contributed by atoms with Gasteiger partial charge in [0.05, 0.1) is 0 Å². The summed E-state index contributed by atoms with van der Waals surface area (Å²) in [5, 5.41) is 0. The third-order valence-corrected chi connectivity index (χ3v) is 3.14. The van der Waals surface area contributed by atoms with Gasteiger partial charge in [0.2, 0.25) is 0 Å². The van der Waals surface area contributed by atoms with E-state index in [9.17, 15) is 21.6 Å². The molecule has 1 atom stereocenters. The molecule has 0 aromatic heterocycles. The molecule has 0 aromatic rings. The smallest absolute Gasteiger partial charge is 0.381 e. The molecule has 0 N–H and O–H groups in total. The molecule has 0 spiro atoms. The maximum Gasteiger partial charge on any atom is 0.534 e. The molecular formula is C8H11F3O3S. The van der Waals surface area contributed by atoms with Crippen LogP contribution in [0.5, 0.6) is 0 Å². The van der Waals surface area contributed by atoms with Crippen molar-refractivity contribution in [3.05, 3.63) is 11.8 Å². The molecule has 0 aromatic carbocycles. The van der Waals surface area contributed by atoms with Crippen LogP contribution in [0.3, 0.4) is 0 Å². The zero-order chi connectivity index (χ0) is 11.7. The van der Waals surface area contributed by atoms with Gasteiger partial charge in [0.25, 0.3) is 0 Å². The van der Waals surface area contributed by atoms with E-state index in [1.54, 1.807) is 6.92 Å². The molecule has 7 heteroatoms. The van der Waals surface area contributed by atoms with Gasteiger partial charge in [-0.3, -0.25) is 0 Å². The van der Waals surface area contributed by atoms with Crippen molar-refractivity contribution in [2.24, 2.45) is 5.92 Å². The fraction of sp³-hybridized carbons (Fsp3) is 0.750. The maximum absolute atomic E-state index is 12.0. The minimum Gasteiger partial charge on any atom is -0.381 e. The SMILES string of the molecule is C[C@H]1CCCC=C1OS(=O)(=O)C(F)(F)F. The largest absolute Gasteiger partial charge is 0.534 e. The van der Waals surface area contributed by atoms with Crippen LogP contribution in [0.4, 0.5) is 13.2 Å². The number of alkyl halides is 3. The molecule has 3 nitrogen and oxygen atoms in total. The van der Waals surface area contributed by atoms with Gasteiger partial charge in [0, 0.05) is 5.92 Å². The Balaban J connectivity index is 2.82. The average Bonchev–Trinajstić information content (AvgIpc) is 2.06. The van der Waals surface area contributed by atoms with Crippen molar-refractivity contribution in [2.45, 2.75) is 31.7 Å². The van der Waals surface area contributed by atoms with Crippen LogP contribution in [-0.2, 0) is 14.3 Å². The van der Waals surface area contributed by atoms with Gasteiger partial charge < -0.3 is 4.18 Å². The minimum absolute atomic E-state index is 0.0985. The molecule has 15 heavy (non-hydrogen) atoms. The quantitative estimate of drug-likeness (QED) is 0.554. The third-order valence-electron chi connectivity index (χ3n) is 2.16. The lowest BCUT2D eigenvalue weighted by Gasteiger charge is -2.20. The lowest BCUT2D eigenvalue weighted by atomic mass is 9.96. The highest BCUT2D eigenvalue weighted by molar-refractivity contribution is 7.87. The first-order valence-electron chi connectivity index (χ1n) is 4.45. The van der Waals surface area contributed by atoms with Crippen LogP contribution in [0.25, 0.3) is 0 Å². The molecule has 0 amide bonds. The Labute approximate surface area is 86.0 Å². The van der Waals surface area contributed by atoms with Gasteiger partial charge >= 0.3 is 15.6 Å². The summed E-state index contributed by atoms with van der Waals surface area (Å²) in [6, 6.07) is 0. The van der Waals surface area contributed by atoms with E-state index < -0.39 is 15.6 Å². The van der Waals surface area contributed by atoms with Crippen LogP contribution < -0.4 is 0 Å². The summed E-state index contributed by atoms with van der Waals surface area (Å²) in [5.41, 5.74) is -5.36. The molecule has 0 fully saturated rings. The predicted molar refractivity (Wildman–Crippen MR) is 47.2 cm³/mol. The van der Waals surface area contributed by atoms with Gasteiger partial charge in [0.15, 0.2) is 0 Å². The average molecular weight is 244 g/mol. The molecule has 0 saturated carbocycles. The number of halogens is 3. The van der Waals surface area contributed by atoms with Gasteiger partial charge in [-0.05, 0) is 25.3 Å². The van der Waals surface area contributed by atoms with Gasteiger partial charge in [-0.15, -0.1) is 0 Å². The molecule has 88 valence electrons. The molecular weight excluding hydrogens is 233 g/mol. The lowest BCUT2D eigenvalue weighted by molar-refractivity contribution is -0.0527. The second-order valence-electron chi connectivity index (χ2n) is 3.42. The van der Waals surface area contributed by atoms with Crippen molar-refractivity contribution in [1.82, 2.24) is 0 Å². The normalized spacial score (nSPS) is 23.5. The first-order valence-corrected chi connectivity index (χ1v) is 5.85. The third kappa shape index (κ3) is 2.87. The Bertz CT molecular complexity index is 356. The van der Waals surface area contributed by atoms with Gasteiger partial charge in [-0.25, -0.2) is 0 Å². The molecule has 0 saturated heterocycles. The summed E-state index contributed by atoms with van der Waals surface area (Å²) < 4.78 is 61.3. The number of rotatable bonds is 2. The van der Waals surface area contributed by atoms with Gasteiger partial charge in [-0.2, -0.15) is 21.6 Å². The highest BCUT2D eigenvalue weighted by Gasteiger charge is 2.49. The van der Waals surface area contributed by atoms with Crippen LogP contribution in [-0.4, -0.2) is 13.9 Å². The van der Waals surface area contributed by atoms with Gasteiger partial charge in [-0.1, -0.05) is 6.92 Å². The zero-order valence-corrected chi connectivity index (χ0v) is 8.86. The van der Waals surface area contributed by atoms with E-state index >= 15 is 0 Å². The molecule has 0 aliphatic heterocycles. The van der Waals surface area contributed by atoms with E-state index in [1.165, 1.54) is 6.08 Å². The summed E-state index contributed by atoms with van der Waals surface area (Å²) >= 11 is 0. The van der Waals surface area contributed by atoms with E-state index in [-0.39, 0.29) is 11.7 Å². The lowest BCUT2D eigenvalue weighted by Crippen LogP contribution is -2.27. The Morgan fingerprint density at radius 1 is 1.47 bits per heavy atom. The van der Waals surface area contributed by atoms with Crippen LogP contribution in [0, 0.1) is 5.92 Å². The summed E-state index contributed by atoms with van der Waals surface area (Å²) in [4.78, 5) is 0. The summed E-state index contributed by atoms with van der Waals surface area (Å²) in [6.07, 6.45) is 3.42. The predicted octanol–water partition coefficient (Wildman–Crippen LogP) is 2.56. The van der Waals surface area contributed by atoms with Gasteiger partial charge in [0.1, 0.15) is 5.76 Å². The van der Waals surface area contributed by atoms with E-state index in [0.29, 0.717) is 12.8 Å². The van der Waals surface area contributed by atoms with Crippen molar-refractivity contribution in [1.29, 1.82) is 0 Å². The van der Waals surface area contributed by atoms with Crippen LogP contribution in [0.1, 0.15) is 26.2 Å². The molecule has 0 bridgehead atoms. The molecule has 1 aliphatic carbocycles. The molecule has 0 heterocycles. The monoisotopic (exact) mass is 244 g/mol. The van der Waals surface area contributed by atoms with Crippen molar-refractivity contribution >= 4 is 10.1 Å². The Hall–Kier alpha value is -0.720. The standard InChI is InChI=1S/C8H11F3O3S/c1-6-4-2-3-5-7(6)14-15(12,13)8(9,10)11/h5-6H,2-4H2,1H3/t6-/m0/s1. The van der Waals surface area contributed by atoms with Crippen molar-refractivity contribution in [2.75, 3.05) is 0 Å². The summed E-state index contributed by atoms with van der Waals surface area (Å²) in [7, 11) is -5.50. The van der Waals surface area contributed by atoms with Crippen molar-refractivity contribution < 1.29 is 25.8 Å². The fourth-order valence-corrected chi connectivity index (χ4v) is 1.88. The topological polar surface area (TPSA) is 43.4 Å². The number of allylic oxidation sites excluding steroid dienone is 2. The Morgan fingerprint density at radius 3 is 2.53 bits per heavy atom. The minimum atomic E-state index is -5.50. The first-order chi connectivity index (χ1) is 6.74. The number of hydrogen-bond donors (Lipinski definition) is 0. The first kappa shape index (κ1) is 12.4. The van der Waals surface area contributed by atoms with Crippen LogP contribution in [0.2, 0.25) is 0 Å². The van der Waals surface area contributed by atoms with E-state index in [1.807, 2.05) is 0 Å². The number of hydrogen-bond acceptors (Lipinski definition) is 3. The maximum atomic E-state index is 12.0. The Morgan fingerprint density at radius 2 is 2.07 bits per heavy atom. The molecule has 0 unspecified atom stereocenters. The van der Waals surface area contributed by atoms with E-state index in [4.69, 9.17) is 0 Å². The molecule has 1 rings (SSSR count).